The Morgan fingerprint density at radius 2 is 2.42 bits per heavy atom. The van der Waals surface area contributed by atoms with Gasteiger partial charge in [0.25, 0.3) is 5.91 Å². The van der Waals surface area contributed by atoms with E-state index in [1.54, 1.807) is 25.1 Å². The van der Waals surface area contributed by atoms with Crippen molar-refractivity contribution in [1.29, 1.82) is 5.26 Å². The average Bonchev–Trinajstić information content (AvgIpc) is 2.39. The number of benzene rings is 1. The minimum Gasteiger partial charge on any atom is -0.368 e. The number of nitriles is 1. The zero-order valence-electron chi connectivity index (χ0n) is 10.6. The molecule has 1 rings (SSSR count). The normalized spacial score (nSPS) is 11.4. The lowest BCUT2D eigenvalue weighted by Gasteiger charge is -2.13. The van der Waals surface area contributed by atoms with E-state index >= 15 is 0 Å². The van der Waals surface area contributed by atoms with Crippen LogP contribution in [0.25, 0.3) is 0 Å². The van der Waals surface area contributed by atoms with Crippen molar-refractivity contribution < 1.29 is 9.53 Å². The third kappa shape index (κ3) is 4.74. The lowest BCUT2D eigenvalue weighted by Crippen LogP contribution is -2.28. The number of amides is 1. The first-order valence-electron chi connectivity index (χ1n) is 5.81. The highest BCUT2D eigenvalue weighted by molar-refractivity contribution is 6.32. The molecular formula is C14H15ClN2O2. The highest BCUT2D eigenvalue weighted by Gasteiger charge is 2.13. The van der Waals surface area contributed by atoms with Crippen LogP contribution in [0.3, 0.4) is 0 Å². The van der Waals surface area contributed by atoms with Gasteiger partial charge in [0.1, 0.15) is 12.2 Å². The van der Waals surface area contributed by atoms with Crippen molar-refractivity contribution in [2.75, 3.05) is 11.9 Å². The number of carbonyl (C=O) groups excluding carboxylic acids is 1. The second-order valence-electron chi connectivity index (χ2n) is 3.89. The van der Waals surface area contributed by atoms with Gasteiger partial charge in [0.15, 0.2) is 0 Å². The van der Waals surface area contributed by atoms with Gasteiger partial charge in [-0.15, -0.1) is 6.58 Å². The number of hydrogen-bond acceptors (Lipinski definition) is 3. The fourth-order valence-electron chi connectivity index (χ4n) is 1.33. The van der Waals surface area contributed by atoms with Crippen LogP contribution in [0.4, 0.5) is 5.69 Å². The molecule has 0 heterocycles. The maximum atomic E-state index is 11.8. The number of nitrogens with zero attached hydrogens (tertiary/aromatic N) is 1. The predicted octanol–water partition coefficient (Wildman–Crippen LogP) is 3.13. The zero-order valence-corrected chi connectivity index (χ0v) is 11.4. The molecule has 0 fully saturated rings. The summed E-state index contributed by atoms with van der Waals surface area (Å²) < 4.78 is 5.32. The number of ether oxygens (including phenoxy) is 1. The van der Waals surface area contributed by atoms with E-state index < -0.39 is 6.10 Å². The van der Waals surface area contributed by atoms with Gasteiger partial charge in [-0.2, -0.15) is 5.26 Å². The Labute approximate surface area is 117 Å². The minimum atomic E-state index is -0.561. The van der Waals surface area contributed by atoms with Crippen molar-refractivity contribution in [3.63, 3.8) is 0 Å². The SMILES string of the molecule is C=CCCOC(C)C(=O)Nc1ccc(C#N)c(Cl)c1. The summed E-state index contributed by atoms with van der Waals surface area (Å²) in [7, 11) is 0. The Morgan fingerprint density at radius 3 is 3.00 bits per heavy atom. The highest BCUT2D eigenvalue weighted by Crippen LogP contribution is 2.20. The van der Waals surface area contributed by atoms with Gasteiger partial charge in [0, 0.05) is 5.69 Å². The first-order chi connectivity index (χ1) is 9.08. The van der Waals surface area contributed by atoms with E-state index in [0.717, 1.165) is 0 Å². The van der Waals surface area contributed by atoms with Gasteiger partial charge in [-0.3, -0.25) is 4.79 Å². The molecule has 1 N–H and O–H groups in total. The predicted molar refractivity (Wildman–Crippen MR) is 75.0 cm³/mol. The maximum absolute atomic E-state index is 11.8. The molecule has 0 bridgehead atoms. The summed E-state index contributed by atoms with van der Waals surface area (Å²) in [4.78, 5) is 11.8. The third-order valence-corrected chi connectivity index (χ3v) is 2.73. The second kappa shape index (κ2) is 7.57. The average molecular weight is 279 g/mol. The van der Waals surface area contributed by atoms with E-state index in [2.05, 4.69) is 11.9 Å². The summed E-state index contributed by atoms with van der Waals surface area (Å²) in [6.07, 6.45) is 1.86. The molecule has 1 amide bonds. The summed E-state index contributed by atoms with van der Waals surface area (Å²) in [6, 6.07) is 6.67. The fraction of sp³-hybridized carbons (Fsp3) is 0.286. The van der Waals surface area contributed by atoms with E-state index in [9.17, 15) is 4.79 Å². The Bertz CT molecular complexity index is 509. The van der Waals surface area contributed by atoms with Crippen molar-refractivity contribution >= 4 is 23.2 Å². The molecule has 100 valence electrons. The standard InChI is InChI=1S/C14H15ClN2O2/c1-3-4-7-19-10(2)14(18)17-12-6-5-11(9-16)13(15)8-12/h3,5-6,8,10H,1,4,7H2,2H3,(H,17,18). The molecule has 1 atom stereocenters. The van der Waals surface area contributed by atoms with Crippen LogP contribution in [-0.4, -0.2) is 18.6 Å². The maximum Gasteiger partial charge on any atom is 0.253 e. The lowest BCUT2D eigenvalue weighted by atomic mass is 10.2. The molecule has 0 radical (unpaired) electrons. The minimum absolute atomic E-state index is 0.259. The van der Waals surface area contributed by atoms with Crippen LogP contribution in [0.1, 0.15) is 18.9 Å². The lowest BCUT2D eigenvalue weighted by molar-refractivity contribution is -0.126. The molecule has 1 aromatic rings. The largest absolute Gasteiger partial charge is 0.368 e. The number of hydrogen-bond donors (Lipinski definition) is 1. The molecule has 0 aliphatic heterocycles. The summed E-state index contributed by atoms with van der Waals surface area (Å²) in [5, 5.41) is 11.7. The Kier molecular flexibility index (Phi) is 6.07. The van der Waals surface area contributed by atoms with Gasteiger partial charge >= 0.3 is 0 Å². The molecule has 0 saturated carbocycles. The number of anilines is 1. The monoisotopic (exact) mass is 278 g/mol. The highest BCUT2D eigenvalue weighted by atomic mass is 35.5. The van der Waals surface area contributed by atoms with Crippen molar-refractivity contribution in [2.24, 2.45) is 0 Å². The van der Waals surface area contributed by atoms with E-state index in [1.807, 2.05) is 6.07 Å². The van der Waals surface area contributed by atoms with E-state index in [0.29, 0.717) is 29.3 Å². The second-order valence-corrected chi connectivity index (χ2v) is 4.29. The third-order valence-electron chi connectivity index (χ3n) is 2.42. The molecule has 5 heteroatoms. The van der Waals surface area contributed by atoms with Crippen LogP contribution in [0.2, 0.25) is 5.02 Å². The number of carbonyl (C=O) groups is 1. The smallest absolute Gasteiger partial charge is 0.253 e. The van der Waals surface area contributed by atoms with Crippen LogP contribution in [-0.2, 0) is 9.53 Å². The molecule has 0 spiro atoms. The molecule has 0 saturated heterocycles. The molecule has 1 aromatic carbocycles. The van der Waals surface area contributed by atoms with Gasteiger partial charge in [0.05, 0.1) is 17.2 Å². The Morgan fingerprint density at radius 1 is 1.68 bits per heavy atom. The molecular weight excluding hydrogens is 264 g/mol. The summed E-state index contributed by atoms with van der Waals surface area (Å²) in [5.74, 6) is -0.259. The zero-order chi connectivity index (χ0) is 14.3. The summed E-state index contributed by atoms with van der Waals surface area (Å²) >= 11 is 5.88. The molecule has 19 heavy (non-hydrogen) atoms. The Balaban J connectivity index is 2.59. The fourth-order valence-corrected chi connectivity index (χ4v) is 1.55. The first-order valence-corrected chi connectivity index (χ1v) is 6.19. The van der Waals surface area contributed by atoms with E-state index in [-0.39, 0.29) is 5.91 Å². The van der Waals surface area contributed by atoms with Gasteiger partial charge < -0.3 is 10.1 Å². The van der Waals surface area contributed by atoms with Crippen molar-refractivity contribution in [3.8, 4) is 6.07 Å². The molecule has 0 aliphatic rings. The van der Waals surface area contributed by atoms with Gasteiger partial charge in [-0.25, -0.2) is 0 Å². The van der Waals surface area contributed by atoms with Crippen LogP contribution in [0.15, 0.2) is 30.9 Å². The molecule has 0 aliphatic carbocycles. The molecule has 0 aromatic heterocycles. The molecule has 4 nitrogen and oxygen atoms in total. The topological polar surface area (TPSA) is 62.1 Å². The Hall–Kier alpha value is -1.83. The molecule has 1 unspecified atom stereocenters. The number of rotatable bonds is 6. The van der Waals surface area contributed by atoms with E-state index in [1.165, 1.54) is 6.07 Å². The van der Waals surface area contributed by atoms with Crippen molar-refractivity contribution in [3.05, 3.63) is 41.4 Å². The van der Waals surface area contributed by atoms with Crippen LogP contribution < -0.4 is 5.32 Å². The van der Waals surface area contributed by atoms with E-state index in [4.69, 9.17) is 21.6 Å². The number of halogens is 1. The van der Waals surface area contributed by atoms with Gasteiger partial charge in [-0.05, 0) is 31.5 Å². The van der Waals surface area contributed by atoms with Gasteiger partial charge in [-0.1, -0.05) is 17.7 Å². The van der Waals surface area contributed by atoms with Crippen LogP contribution >= 0.6 is 11.6 Å². The van der Waals surface area contributed by atoms with Crippen LogP contribution in [0.5, 0.6) is 0 Å². The summed E-state index contributed by atoms with van der Waals surface area (Å²) in [6.45, 7) is 5.70. The number of nitrogens with one attached hydrogen (secondary N) is 1. The quantitative estimate of drug-likeness (QED) is 0.642. The first kappa shape index (κ1) is 15.2. The summed E-state index contributed by atoms with van der Waals surface area (Å²) in [5.41, 5.74) is 0.906. The van der Waals surface area contributed by atoms with Crippen molar-refractivity contribution in [2.45, 2.75) is 19.4 Å². The van der Waals surface area contributed by atoms with Crippen molar-refractivity contribution in [1.82, 2.24) is 0 Å². The van der Waals surface area contributed by atoms with Gasteiger partial charge in [0.2, 0.25) is 0 Å². The van der Waals surface area contributed by atoms with Crippen LogP contribution in [0, 0.1) is 11.3 Å².